The van der Waals surface area contributed by atoms with E-state index in [4.69, 9.17) is 0 Å². The monoisotopic (exact) mass is 413 g/mol. The Morgan fingerprint density at radius 2 is 1.65 bits per heavy atom. The van der Waals surface area contributed by atoms with E-state index in [2.05, 4.69) is 5.32 Å². The van der Waals surface area contributed by atoms with Gasteiger partial charge in [0.15, 0.2) is 0 Å². The molecular formula is C25H23N3O3. The van der Waals surface area contributed by atoms with Gasteiger partial charge in [0.2, 0.25) is 17.7 Å². The van der Waals surface area contributed by atoms with Crippen LogP contribution in [-0.4, -0.2) is 30.8 Å². The third-order valence-electron chi connectivity index (χ3n) is 6.07. The molecule has 3 amide bonds. The Morgan fingerprint density at radius 1 is 0.871 bits per heavy atom. The summed E-state index contributed by atoms with van der Waals surface area (Å²) < 4.78 is 0. The maximum absolute atomic E-state index is 12.8. The number of carbonyl (C=O) groups excluding carboxylic acids is 3. The smallest absolute Gasteiger partial charge is 0.229 e. The Labute approximate surface area is 180 Å². The van der Waals surface area contributed by atoms with E-state index in [1.165, 1.54) is 0 Å². The van der Waals surface area contributed by atoms with Gasteiger partial charge in [0.1, 0.15) is 0 Å². The van der Waals surface area contributed by atoms with E-state index in [0.29, 0.717) is 18.7 Å². The molecule has 156 valence electrons. The van der Waals surface area contributed by atoms with Crippen molar-refractivity contribution in [2.75, 3.05) is 28.2 Å². The number of fused-ring (bicyclic) bond motifs is 1. The molecule has 0 aliphatic carbocycles. The number of hydrogen-bond donors (Lipinski definition) is 1. The van der Waals surface area contributed by atoms with Crippen molar-refractivity contribution in [3.05, 3.63) is 66.7 Å². The molecule has 0 aromatic heterocycles. The fourth-order valence-corrected chi connectivity index (χ4v) is 4.45. The molecule has 0 spiro atoms. The molecule has 1 atom stereocenters. The average molecular weight is 413 g/mol. The van der Waals surface area contributed by atoms with Gasteiger partial charge in [-0.15, -0.1) is 0 Å². The molecule has 2 aliphatic heterocycles. The zero-order chi connectivity index (χ0) is 21.4. The number of nitrogens with one attached hydrogen (secondary N) is 1. The van der Waals surface area contributed by atoms with E-state index in [1.807, 2.05) is 54.6 Å². The minimum atomic E-state index is -0.411. The first kappa shape index (κ1) is 19.3. The zero-order valence-electron chi connectivity index (χ0n) is 17.1. The van der Waals surface area contributed by atoms with E-state index in [-0.39, 0.29) is 24.1 Å². The lowest BCUT2D eigenvalue weighted by molar-refractivity contribution is -0.122. The van der Waals surface area contributed by atoms with Crippen molar-refractivity contribution in [1.29, 1.82) is 0 Å². The molecule has 2 saturated heterocycles. The summed E-state index contributed by atoms with van der Waals surface area (Å²) in [5.74, 6) is -0.485. The largest absolute Gasteiger partial charge is 0.326 e. The van der Waals surface area contributed by atoms with E-state index in [9.17, 15) is 14.4 Å². The highest BCUT2D eigenvalue weighted by molar-refractivity contribution is 6.08. The van der Waals surface area contributed by atoms with Crippen LogP contribution in [0.4, 0.5) is 17.1 Å². The van der Waals surface area contributed by atoms with Crippen molar-refractivity contribution >= 4 is 45.6 Å². The van der Waals surface area contributed by atoms with Crippen LogP contribution in [0.15, 0.2) is 66.7 Å². The van der Waals surface area contributed by atoms with Crippen molar-refractivity contribution < 1.29 is 14.4 Å². The second kappa shape index (κ2) is 7.87. The molecule has 3 aromatic rings. The molecule has 5 rings (SSSR count). The number of benzene rings is 3. The number of anilines is 3. The van der Waals surface area contributed by atoms with Crippen molar-refractivity contribution in [3.8, 4) is 0 Å². The molecule has 3 aromatic carbocycles. The summed E-state index contributed by atoms with van der Waals surface area (Å²) in [7, 11) is 0. The first-order valence-corrected chi connectivity index (χ1v) is 10.6. The highest BCUT2D eigenvalue weighted by atomic mass is 16.2. The lowest BCUT2D eigenvalue weighted by Gasteiger charge is -2.19. The van der Waals surface area contributed by atoms with Crippen LogP contribution in [0.1, 0.15) is 19.3 Å². The van der Waals surface area contributed by atoms with E-state index >= 15 is 0 Å². The lowest BCUT2D eigenvalue weighted by atomic mass is 10.1. The van der Waals surface area contributed by atoms with Crippen molar-refractivity contribution in [3.63, 3.8) is 0 Å². The molecule has 0 radical (unpaired) electrons. The predicted molar refractivity (Wildman–Crippen MR) is 121 cm³/mol. The number of amides is 3. The van der Waals surface area contributed by atoms with Crippen LogP contribution < -0.4 is 15.1 Å². The molecule has 2 heterocycles. The second-order valence-electron chi connectivity index (χ2n) is 8.09. The molecule has 0 unspecified atom stereocenters. The highest BCUT2D eigenvalue weighted by Gasteiger charge is 2.35. The van der Waals surface area contributed by atoms with Crippen LogP contribution in [0.2, 0.25) is 0 Å². The predicted octanol–water partition coefficient (Wildman–Crippen LogP) is 3.96. The number of nitrogens with zero attached hydrogens (tertiary/aromatic N) is 2. The molecule has 0 saturated carbocycles. The van der Waals surface area contributed by atoms with Gasteiger partial charge in [0, 0.05) is 42.7 Å². The van der Waals surface area contributed by atoms with Crippen LogP contribution >= 0.6 is 0 Å². The zero-order valence-corrected chi connectivity index (χ0v) is 17.1. The van der Waals surface area contributed by atoms with Gasteiger partial charge in [0.05, 0.1) is 11.6 Å². The van der Waals surface area contributed by atoms with Gasteiger partial charge in [-0.2, -0.15) is 0 Å². The van der Waals surface area contributed by atoms with E-state index in [1.54, 1.807) is 21.9 Å². The molecule has 6 heteroatoms. The third-order valence-corrected chi connectivity index (χ3v) is 6.07. The number of carbonyl (C=O) groups is 3. The van der Waals surface area contributed by atoms with Gasteiger partial charge in [-0.3, -0.25) is 14.4 Å². The van der Waals surface area contributed by atoms with Gasteiger partial charge in [-0.1, -0.05) is 36.4 Å². The fraction of sp³-hybridized carbons (Fsp3) is 0.240. The van der Waals surface area contributed by atoms with Crippen LogP contribution in [-0.2, 0) is 14.4 Å². The normalized spacial score (nSPS) is 18.8. The summed E-state index contributed by atoms with van der Waals surface area (Å²) in [6, 6.07) is 21.1. The van der Waals surface area contributed by atoms with E-state index < -0.39 is 5.92 Å². The Morgan fingerprint density at radius 3 is 2.42 bits per heavy atom. The summed E-state index contributed by atoms with van der Waals surface area (Å²) in [6.07, 6.45) is 1.65. The Balaban J connectivity index is 1.28. The second-order valence-corrected chi connectivity index (χ2v) is 8.09. The Bertz CT molecular complexity index is 1170. The Hall–Kier alpha value is -3.67. The minimum absolute atomic E-state index is 0.0422. The van der Waals surface area contributed by atoms with Crippen LogP contribution in [0.25, 0.3) is 10.8 Å². The lowest BCUT2D eigenvalue weighted by Crippen LogP contribution is -2.28. The quantitative estimate of drug-likeness (QED) is 0.704. The topological polar surface area (TPSA) is 69.7 Å². The molecular weight excluding hydrogens is 390 g/mol. The number of hydrogen-bond acceptors (Lipinski definition) is 3. The van der Waals surface area contributed by atoms with Gasteiger partial charge in [0.25, 0.3) is 0 Å². The van der Waals surface area contributed by atoms with Gasteiger partial charge in [-0.25, -0.2) is 0 Å². The minimum Gasteiger partial charge on any atom is -0.326 e. The summed E-state index contributed by atoms with van der Waals surface area (Å²) in [5.41, 5.74) is 2.35. The maximum Gasteiger partial charge on any atom is 0.229 e. The van der Waals surface area contributed by atoms with Gasteiger partial charge in [-0.05, 0) is 42.1 Å². The molecule has 6 nitrogen and oxygen atoms in total. The SMILES string of the molecule is O=C(Nc1ccc(N2CCCC2=O)cc1)[C@@H]1CC(=O)N(c2cccc3ccccc23)C1. The average Bonchev–Trinajstić information content (AvgIpc) is 3.39. The molecule has 31 heavy (non-hydrogen) atoms. The summed E-state index contributed by atoms with van der Waals surface area (Å²) >= 11 is 0. The number of rotatable bonds is 4. The summed E-state index contributed by atoms with van der Waals surface area (Å²) in [5, 5.41) is 4.99. The highest BCUT2D eigenvalue weighted by Crippen LogP contribution is 2.32. The van der Waals surface area contributed by atoms with Crippen molar-refractivity contribution in [2.45, 2.75) is 19.3 Å². The first-order valence-electron chi connectivity index (χ1n) is 10.6. The van der Waals surface area contributed by atoms with Gasteiger partial charge >= 0.3 is 0 Å². The summed E-state index contributed by atoms with van der Waals surface area (Å²) in [4.78, 5) is 40.9. The molecule has 0 bridgehead atoms. The molecule has 2 aliphatic rings. The molecule has 2 fully saturated rings. The third kappa shape index (κ3) is 3.65. The summed E-state index contributed by atoms with van der Waals surface area (Å²) in [6.45, 7) is 1.10. The standard InChI is InChI=1S/C25H23N3O3/c29-23-9-4-14-27(23)20-12-10-19(11-13-20)26-25(31)18-15-24(30)28(16-18)22-8-3-6-17-5-1-2-7-21(17)22/h1-3,5-8,10-13,18H,4,9,14-16H2,(H,26,31)/t18-/m1/s1. The van der Waals surface area contributed by atoms with Crippen LogP contribution in [0.3, 0.4) is 0 Å². The van der Waals surface area contributed by atoms with Crippen LogP contribution in [0, 0.1) is 5.92 Å². The molecule has 1 N–H and O–H groups in total. The van der Waals surface area contributed by atoms with Crippen LogP contribution in [0.5, 0.6) is 0 Å². The first-order chi connectivity index (χ1) is 15.1. The Kier molecular flexibility index (Phi) is 4.90. The fourth-order valence-electron chi connectivity index (χ4n) is 4.45. The van der Waals surface area contributed by atoms with E-state index in [0.717, 1.165) is 35.1 Å². The van der Waals surface area contributed by atoms with Gasteiger partial charge < -0.3 is 15.1 Å². The van der Waals surface area contributed by atoms with Crippen molar-refractivity contribution in [1.82, 2.24) is 0 Å². The van der Waals surface area contributed by atoms with Crippen molar-refractivity contribution in [2.24, 2.45) is 5.92 Å². The maximum atomic E-state index is 12.8.